The molecule has 0 saturated carbocycles. The maximum atomic E-state index is 12.7. The average Bonchev–Trinajstić information content (AvgIpc) is 2.54. The van der Waals surface area contributed by atoms with E-state index >= 15 is 0 Å². The predicted molar refractivity (Wildman–Crippen MR) is 80.3 cm³/mol. The molecular weight excluding hydrogens is 341 g/mol. The van der Waals surface area contributed by atoms with Crippen LogP contribution >= 0.6 is 0 Å². The number of carboxylic acid groups (broad SMARTS) is 1. The molecule has 1 heterocycles. The molecule has 2 amide bonds. The number of likely N-dealkylation sites (tertiary alicyclic amines) is 1. The number of carbonyl (C=O) groups is 3. The van der Waals surface area contributed by atoms with Crippen LogP contribution < -0.4 is 5.32 Å². The highest BCUT2D eigenvalue weighted by Gasteiger charge is 2.39. The van der Waals surface area contributed by atoms with Gasteiger partial charge >= 0.3 is 12.1 Å². The highest BCUT2D eigenvalue weighted by atomic mass is 19.4. The summed E-state index contributed by atoms with van der Waals surface area (Å²) in [5.41, 5.74) is -0.438. The number of nitrogens with zero attached hydrogens (tertiary/aromatic N) is 1. The van der Waals surface area contributed by atoms with Crippen molar-refractivity contribution >= 4 is 17.8 Å². The number of hydrogen-bond acceptors (Lipinski definition) is 3. The molecule has 1 fully saturated rings. The second-order valence-electron chi connectivity index (χ2n) is 5.83. The molecule has 2 atom stereocenters. The molecule has 25 heavy (non-hydrogen) atoms. The van der Waals surface area contributed by atoms with Gasteiger partial charge in [-0.25, -0.2) is 0 Å². The molecule has 0 spiro atoms. The zero-order chi connectivity index (χ0) is 18.8. The van der Waals surface area contributed by atoms with Crippen molar-refractivity contribution in [2.24, 2.45) is 5.92 Å². The lowest BCUT2D eigenvalue weighted by Gasteiger charge is -2.38. The first-order valence-corrected chi connectivity index (χ1v) is 7.53. The lowest BCUT2D eigenvalue weighted by molar-refractivity contribution is -0.144. The van der Waals surface area contributed by atoms with Gasteiger partial charge in [-0.15, -0.1) is 0 Å². The SMILES string of the molecule is CN1C(=O)CC[C@@H](C(=O)NCC(=O)O)[C@@H]1c1ccc(C(F)(F)F)cc1. The van der Waals surface area contributed by atoms with Crippen LogP contribution in [0.3, 0.4) is 0 Å². The number of benzene rings is 1. The minimum atomic E-state index is -4.48. The smallest absolute Gasteiger partial charge is 0.416 e. The molecule has 0 unspecified atom stereocenters. The third-order valence-corrected chi connectivity index (χ3v) is 4.19. The number of carbonyl (C=O) groups excluding carboxylic acids is 2. The van der Waals surface area contributed by atoms with Crippen LogP contribution in [0.25, 0.3) is 0 Å². The monoisotopic (exact) mass is 358 g/mol. The Bertz CT molecular complexity index is 673. The number of hydrogen-bond donors (Lipinski definition) is 2. The van der Waals surface area contributed by atoms with Gasteiger partial charge in [0.15, 0.2) is 0 Å². The molecule has 9 heteroatoms. The summed E-state index contributed by atoms with van der Waals surface area (Å²) < 4.78 is 38.1. The molecule has 1 aromatic rings. The Kier molecular flexibility index (Phi) is 5.34. The summed E-state index contributed by atoms with van der Waals surface area (Å²) in [4.78, 5) is 36.1. The van der Waals surface area contributed by atoms with Crippen LogP contribution in [0.15, 0.2) is 24.3 Å². The zero-order valence-electron chi connectivity index (χ0n) is 13.3. The number of amides is 2. The fourth-order valence-electron chi connectivity index (χ4n) is 2.93. The highest BCUT2D eigenvalue weighted by Crippen LogP contribution is 2.37. The maximum Gasteiger partial charge on any atom is 0.416 e. The van der Waals surface area contributed by atoms with Crippen molar-refractivity contribution in [3.8, 4) is 0 Å². The summed E-state index contributed by atoms with van der Waals surface area (Å²) >= 11 is 0. The molecule has 1 aromatic carbocycles. The quantitative estimate of drug-likeness (QED) is 0.860. The normalized spacial score (nSPS) is 21.1. The molecule has 0 aliphatic carbocycles. The fraction of sp³-hybridized carbons (Fsp3) is 0.438. The van der Waals surface area contributed by atoms with Gasteiger partial charge in [-0.1, -0.05) is 12.1 Å². The van der Waals surface area contributed by atoms with Gasteiger partial charge in [0.05, 0.1) is 17.5 Å². The van der Waals surface area contributed by atoms with E-state index in [1.807, 2.05) is 0 Å². The van der Waals surface area contributed by atoms with Crippen LogP contribution in [-0.4, -0.2) is 41.4 Å². The first-order valence-electron chi connectivity index (χ1n) is 7.53. The summed E-state index contributed by atoms with van der Waals surface area (Å²) in [6.07, 6.45) is -4.18. The number of nitrogens with one attached hydrogen (secondary N) is 1. The van der Waals surface area contributed by atoms with Gasteiger partial charge in [0.2, 0.25) is 11.8 Å². The minimum absolute atomic E-state index is 0.110. The largest absolute Gasteiger partial charge is 0.480 e. The third-order valence-electron chi connectivity index (χ3n) is 4.19. The average molecular weight is 358 g/mol. The minimum Gasteiger partial charge on any atom is -0.480 e. The standard InChI is InChI=1S/C16H17F3N2O4/c1-21-12(22)7-6-11(15(25)20-8-13(23)24)14(21)9-2-4-10(5-3-9)16(17,18)19/h2-5,11,14H,6-8H2,1H3,(H,20,25)(H,23,24)/t11-,14+/m1/s1. The Labute approximate surface area is 141 Å². The van der Waals surface area contributed by atoms with E-state index < -0.39 is 42.1 Å². The molecule has 2 N–H and O–H groups in total. The Hall–Kier alpha value is -2.58. The molecular formula is C16H17F3N2O4. The van der Waals surface area contributed by atoms with Gasteiger partial charge in [0, 0.05) is 13.5 Å². The number of halogens is 3. The van der Waals surface area contributed by atoms with Crippen molar-refractivity contribution in [3.05, 3.63) is 35.4 Å². The second kappa shape index (κ2) is 7.12. The van der Waals surface area contributed by atoms with Crippen molar-refractivity contribution in [2.45, 2.75) is 25.1 Å². The molecule has 2 rings (SSSR count). The number of rotatable bonds is 4. The second-order valence-corrected chi connectivity index (χ2v) is 5.83. The van der Waals surface area contributed by atoms with Crippen molar-refractivity contribution in [1.82, 2.24) is 10.2 Å². The van der Waals surface area contributed by atoms with Crippen LogP contribution in [0.5, 0.6) is 0 Å². The Morgan fingerprint density at radius 3 is 2.40 bits per heavy atom. The summed E-state index contributed by atoms with van der Waals surface area (Å²) in [5.74, 6) is -2.72. The van der Waals surface area contributed by atoms with Gasteiger partial charge in [-0.05, 0) is 24.1 Å². The van der Waals surface area contributed by atoms with Gasteiger partial charge < -0.3 is 15.3 Å². The van der Waals surface area contributed by atoms with E-state index in [1.54, 1.807) is 0 Å². The maximum absolute atomic E-state index is 12.7. The first-order chi connectivity index (χ1) is 11.6. The molecule has 136 valence electrons. The number of aliphatic carboxylic acids is 1. The Morgan fingerprint density at radius 1 is 1.28 bits per heavy atom. The van der Waals surface area contributed by atoms with Gasteiger partial charge in [-0.3, -0.25) is 14.4 Å². The molecule has 0 aromatic heterocycles. The van der Waals surface area contributed by atoms with E-state index in [4.69, 9.17) is 5.11 Å². The van der Waals surface area contributed by atoms with Crippen LogP contribution in [0, 0.1) is 5.92 Å². The molecule has 0 radical (unpaired) electrons. The van der Waals surface area contributed by atoms with Gasteiger partial charge in [-0.2, -0.15) is 13.2 Å². The van der Waals surface area contributed by atoms with Crippen molar-refractivity contribution in [3.63, 3.8) is 0 Å². The van der Waals surface area contributed by atoms with E-state index in [-0.39, 0.29) is 18.7 Å². The van der Waals surface area contributed by atoms with Crippen LogP contribution in [0.4, 0.5) is 13.2 Å². The molecule has 1 saturated heterocycles. The van der Waals surface area contributed by atoms with E-state index in [0.29, 0.717) is 5.56 Å². The van der Waals surface area contributed by atoms with E-state index in [2.05, 4.69) is 5.32 Å². The summed E-state index contributed by atoms with van der Waals surface area (Å²) in [5, 5.41) is 10.9. The van der Waals surface area contributed by atoms with Crippen LogP contribution in [0.2, 0.25) is 0 Å². The summed E-state index contributed by atoms with van der Waals surface area (Å²) in [6, 6.07) is 3.51. The van der Waals surface area contributed by atoms with Crippen molar-refractivity contribution in [2.75, 3.05) is 13.6 Å². The van der Waals surface area contributed by atoms with Crippen molar-refractivity contribution in [1.29, 1.82) is 0 Å². The fourth-order valence-corrected chi connectivity index (χ4v) is 2.93. The number of alkyl halides is 3. The van der Waals surface area contributed by atoms with E-state index in [0.717, 1.165) is 12.1 Å². The predicted octanol–water partition coefficient (Wildman–Crippen LogP) is 1.82. The molecule has 0 bridgehead atoms. The Morgan fingerprint density at radius 2 is 1.88 bits per heavy atom. The lowest BCUT2D eigenvalue weighted by atomic mass is 9.83. The zero-order valence-corrected chi connectivity index (χ0v) is 13.3. The van der Waals surface area contributed by atoms with Crippen molar-refractivity contribution < 1.29 is 32.7 Å². The Balaban J connectivity index is 2.29. The third kappa shape index (κ3) is 4.28. The summed E-state index contributed by atoms with van der Waals surface area (Å²) in [6.45, 7) is -0.563. The van der Waals surface area contributed by atoms with Crippen LogP contribution in [-0.2, 0) is 20.6 Å². The van der Waals surface area contributed by atoms with E-state index in [1.165, 1.54) is 24.1 Å². The van der Waals surface area contributed by atoms with Crippen LogP contribution in [0.1, 0.15) is 30.0 Å². The first kappa shape index (κ1) is 18.8. The molecule has 6 nitrogen and oxygen atoms in total. The topological polar surface area (TPSA) is 86.7 Å². The number of carboxylic acids is 1. The molecule has 1 aliphatic rings. The summed E-state index contributed by atoms with van der Waals surface area (Å²) in [7, 11) is 1.47. The number of piperidine rings is 1. The van der Waals surface area contributed by atoms with Gasteiger partial charge in [0.25, 0.3) is 0 Å². The lowest BCUT2D eigenvalue weighted by Crippen LogP contribution is -2.47. The highest BCUT2D eigenvalue weighted by molar-refractivity contribution is 5.86. The van der Waals surface area contributed by atoms with E-state index in [9.17, 15) is 27.6 Å². The molecule has 1 aliphatic heterocycles. The van der Waals surface area contributed by atoms with Gasteiger partial charge in [0.1, 0.15) is 6.54 Å².